The first-order chi connectivity index (χ1) is 15.7. The standard InChI is InChI=1S/C13H16ClNO3.C11H14ClNO2/c1-3-18-13(17)12(15-9(2)16)8-10-5-4-6-11(14)7-10;1-2-15-11(14)10(13)7-8-4-3-5-9(12)6-8/h4-7,12H,3,8H2,1-2H3,(H,15,16);3-6,10H,2,7,13H2,1H3/t12-;10-/m00/s1. The Labute approximate surface area is 204 Å². The molecule has 0 aliphatic rings. The lowest BCUT2D eigenvalue weighted by atomic mass is 10.1. The van der Waals surface area contributed by atoms with E-state index in [4.69, 9.17) is 38.4 Å². The van der Waals surface area contributed by atoms with Crippen molar-refractivity contribution in [2.75, 3.05) is 13.2 Å². The van der Waals surface area contributed by atoms with Crippen LogP contribution in [0.3, 0.4) is 0 Å². The van der Waals surface area contributed by atoms with Crippen LogP contribution in [0.4, 0.5) is 0 Å². The van der Waals surface area contributed by atoms with Crippen molar-refractivity contribution in [1.29, 1.82) is 0 Å². The van der Waals surface area contributed by atoms with Gasteiger partial charge in [0.15, 0.2) is 0 Å². The Balaban J connectivity index is 0.000000335. The number of esters is 2. The Hall–Kier alpha value is -2.61. The van der Waals surface area contributed by atoms with Crippen molar-refractivity contribution in [2.45, 2.75) is 45.7 Å². The maximum absolute atomic E-state index is 11.7. The second-order valence-corrected chi connectivity index (χ2v) is 7.90. The number of nitrogens with one attached hydrogen (secondary N) is 1. The Morgan fingerprint density at radius 1 is 0.879 bits per heavy atom. The van der Waals surface area contributed by atoms with E-state index in [1.165, 1.54) is 6.92 Å². The molecule has 2 aromatic carbocycles. The van der Waals surface area contributed by atoms with Gasteiger partial charge in [-0.3, -0.25) is 9.59 Å². The van der Waals surface area contributed by atoms with E-state index in [-0.39, 0.29) is 18.5 Å². The molecule has 180 valence electrons. The molecule has 2 rings (SSSR count). The highest BCUT2D eigenvalue weighted by Gasteiger charge is 2.21. The average Bonchev–Trinajstić information content (AvgIpc) is 2.74. The van der Waals surface area contributed by atoms with Crippen LogP contribution < -0.4 is 11.1 Å². The third kappa shape index (κ3) is 11.7. The molecule has 0 aliphatic heterocycles. The summed E-state index contributed by atoms with van der Waals surface area (Å²) in [5.74, 6) is -1.08. The summed E-state index contributed by atoms with van der Waals surface area (Å²) in [5, 5.41) is 3.81. The fraction of sp³-hybridized carbons (Fsp3) is 0.375. The maximum Gasteiger partial charge on any atom is 0.328 e. The van der Waals surface area contributed by atoms with Crippen molar-refractivity contribution in [1.82, 2.24) is 5.32 Å². The van der Waals surface area contributed by atoms with E-state index in [1.807, 2.05) is 18.2 Å². The molecule has 0 bridgehead atoms. The van der Waals surface area contributed by atoms with Gasteiger partial charge in [-0.1, -0.05) is 47.5 Å². The molecule has 0 aromatic heterocycles. The minimum Gasteiger partial charge on any atom is -0.465 e. The second kappa shape index (κ2) is 15.3. The van der Waals surface area contributed by atoms with Crippen LogP contribution in [-0.4, -0.2) is 43.1 Å². The van der Waals surface area contributed by atoms with Gasteiger partial charge in [0.2, 0.25) is 5.91 Å². The molecule has 33 heavy (non-hydrogen) atoms. The molecule has 2 atom stereocenters. The van der Waals surface area contributed by atoms with Gasteiger partial charge in [-0.2, -0.15) is 0 Å². The second-order valence-electron chi connectivity index (χ2n) is 7.03. The number of hydrogen-bond acceptors (Lipinski definition) is 6. The van der Waals surface area contributed by atoms with Gasteiger partial charge in [0.25, 0.3) is 0 Å². The minimum absolute atomic E-state index is 0.268. The van der Waals surface area contributed by atoms with E-state index >= 15 is 0 Å². The number of nitrogens with two attached hydrogens (primary N) is 1. The number of hydrogen-bond donors (Lipinski definition) is 2. The van der Waals surface area contributed by atoms with E-state index < -0.39 is 18.1 Å². The zero-order valence-electron chi connectivity index (χ0n) is 19.0. The zero-order chi connectivity index (χ0) is 24.8. The highest BCUT2D eigenvalue weighted by atomic mass is 35.5. The summed E-state index contributed by atoms with van der Waals surface area (Å²) in [6.45, 7) is 5.48. The number of benzene rings is 2. The highest BCUT2D eigenvalue weighted by Crippen LogP contribution is 2.13. The van der Waals surface area contributed by atoms with Crippen molar-refractivity contribution >= 4 is 41.0 Å². The molecular weight excluding hydrogens is 467 g/mol. The number of carbonyl (C=O) groups excluding carboxylic acids is 3. The molecule has 0 radical (unpaired) electrons. The molecule has 0 aliphatic carbocycles. The molecule has 2 aromatic rings. The first-order valence-electron chi connectivity index (χ1n) is 10.5. The van der Waals surface area contributed by atoms with Gasteiger partial charge in [0.1, 0.15) is 12.1 Å². The molecule has 1 amide bonds. The van der Waals surface area contributed by atoms with E-state index in [0.717, 1.165) is 11.1 Å². The predicted molar refractivity (Wildman–Crippen MR) is 129 cm³/mol. The normalized spacial score (nSPS) is 11.9. The molecule has 7 nitrogen and oxygen atoms in total. The number of carbonyl (C=O) groups is 3. The molecular formula is C24H30Cl2N2O5. The topological polar surface area (TPSA) is 108 Å². The highest BCUT2D eigenvalue weighted by molar-refractivity contribution is 6.30. The van der Waals surface area contributed by atoms with Gasteiger partial charge in [0.05, 0.1) is 13.2 Å². The Morgan fingerprint density at radius 3 is 1.82 bits per heavy atom. The third-order valence-corrected chi connectivity index (χ3v) is 4.68. The van der Waals surface area contributed by atoms with Crippen molar-refractivity contribution in [3.63, 3.8) is 0 Å². The predicted octanol–water partition coefficient (Wildman–Crippen LogP) is 3.72. The van der Waals surface area contributed by atoms with Crippen molar-refractivity contribution in [3.8, 4) is 0 Å². The summed E-state index contributed by atoms with van der Waals surface area (Å²) in [4.78, 5) is 34.0. The average molecular weight is 497 g/mol. The van der Waals surface area contributed by atoms with Crippen LogP contribution >= 0.6 is 23.2 Å². The van der Waals surface area contributed by atoms with Crippen LogP contribution in [0.1, 0.15) is 31.9 Å². The Morgan fingerprint density at radius 2 is 1.36 bits per heavy atom. The van der Waals surface area contributed by atoms with Crippen LogP contribution in [0.2, 0.25) is 10.0 Å². The Bertz CT molecular complexity index is 923. The summed E-state index contributed by atoms with van der Waals surface area (Å²) < 4.78 is 9.73. The van der Waals surface area contributed by atoms with Gasteiger partial charge in [-0.25, -0.2) is 4.79 Å². The van der Waals surface area contributed by atoms with Gasteiger partial charge in [0, 0.05) is 23.4 Å². The van der Waals surface area contributed by atoms with Crippen LogP contribution in [0.5, 0.6) is 0 Å². The first-order valence-corrected chi connectivity index (χ1v) is 11.3. The molecule has 9 heteroatoms. The lowest BCUT2D eigenvalue weighted by Gasteiger charge is -2.16. The lowest BCUT2D eigenvalue weighted by molar-refractivity contribution is -0.147. The quantitative estimate of drug-likeness (QED) is 0.512. The van der Waals surface area contributed by atoms with Crippen molar-refractivity contribution in [3.05, 3.63) is 69.7 Å². The lowest BCUT2D eigenvalue weighted by Crippen LogP contribution is -2.42. The van der Waals surface area contributed by atoms with Gasteiger partial charge in [-0.15, -0.1) is 0 Å². The van der Waals surface area contributed by atoms with Crippen LogP contribution in [0, 0.1) is 0 Å². The summed E-state index contributed by atoms with van der Waals surface area (Å²) in [6, 6.07) is 13.1. The SMILES string of the molecule is CCOC(=O)[C@@H](N)Cc1cccc(Cl)c1.CCOC(=O)[C@H](Cc1cccc(Cl)c1)NC(C)=O. The van der Waals surface area contributed by atoms with Gasteiger partial charge in [-0.05, 0) is 55.7 Å². The molecule has 3 N–H and O–H groups in total. The molecule has 0 fully saturated rings. The van der Waals surface area contributed by atoms with Crippen LogP contribution in [0.25, 0.3) is 0 Å². The van der Waals surface area contributed by atoms with Crippen LogP contribution in [0.15, 0.2) is 48.5 Å². The largest absolute Gasteiger partial charge is 0.465 e. The third-order valence-electron chi connectivity index (χ3n) is 4.21. The summed E-state index contributed by atoms with van der Waals surface area (Å²) in [6.07, 6.45) is 0.804. The monoisotopic (exact) mass is 496 g/mol. The van der Waals surface area contributed by atoms with E-state index in [2.05, 4.69) is 5.32 Å². The molecule has 0 saturated heterocycles. The Kier molecular flexibility index (Phi) is 13.1. The molecule has 0 saturated carbocycles. The fourth-order valence-corrected chi connectivity index (χ4v) is 3.26. The molecule has 0 heterocycles. The fourth-order valence-electron chi connectivity index (χ4n) is 2.83. The van der Waals surface area contributed by atoms with Gasteiger partial charge >= 0.3 is 11.9 Å². The van der Waals surface area contributed by atoms with E-state index in [0.29, 0.717) is 29.5 Å². The van der Waals surface area contributed by atoms with Crippen molar-refractivity contribution < 1.29 is 23.9 Å². The first kappa shape index (κ1) is 28.4. The molecule has 0 unspecified atom stereocenters. The summed E-state index contributed by atoms with van der Waals surface area (Å²) in [5.41, 5.74) is 7.47. The van der Waals surface area contributed by atoms with Crippen LogP contribution in [-0.2, 0) is 36.7 Å². The number of amides is 1. The summed E-state index contributed by atoms with van der Waals surface area (Å²) in [7, 11) is 0. The minimum atomic E-state index is -0.680. The van der Waals surface area contributed by atoms with Crippen molar-refractivity contribution in [2.24, 2.45) is 5.73 Å². The van der Waals surface area contributed by atoms with E-state index in [9.17, 15) is 14.4 Å². The molecule has 0 spiro atoms. The number of halogens is 2. The zero-order valence-corrected chi connectivity index (χ0v) is 20.5. The maximum atomic E-state index is 11.7. The van der Waals surface area contributed by atoms with Gasteiger partial charge < -0.3 is 20.5 Å². The summed E-state index contributed by atoms with van der Waals surface area (Å²) >= 11 is 11.7. The number of rotatable bonds is 9. The van der Waals surface area contributed by atoms with E-state index in [1.54, 1.807) is 44.2 Å². The smallest absolute Gasteiger partial charge is 0.328 e. The number of ether oxygens (including phenoxy) is 2.